The summed E-state index contributed by atoms with van der Waals surface area (Å²) in [5, 5.41) is 21.1. The van der Waals surface area contributed by atoms with Crippen LogP contribution in [0.5, 0.6) is 0 Å². The minimum Gasteiger partial charge on any atom is -0.390 e. The van der Waals surface area contributed by atoms with Gasteiger partial charge >= 0.3 is 0 Å². The van der Waals surface area contributed by atoms with Crippen molar-refractivity contribution in [1.29, 1.82) is 0 Å². The molecule has 24 heteroatoms. The number of nitrogens with zero attached hydrogens (tertiary/aromatic N) is 8. The molecule has 2 saturated heterocycles. The molecule has 0 saturated carbocycles. The highest BCUT2D eigenvalue weighted by Crippen LogP contribution is 2.39. The van der Waals surface area contributed by atoms with E-state index in [2.05, 4.69) is 16.0 Å². The average Bonchev–Trinajstić information content (AvgIpc) is 1.65. The van der Waals surface area contributed by atoms with Crippen LogP contribution in [0, 0.1) is 41.4 Å². The van der Waals surface area contributed by atoms with Crippen molar-refractivity contribution in [2.24, 2.45) is 41.4 Å². The van der Waals surface area contributed by atoms with Gasteiger partial charge in [0.15, 0.2) is 6.23 Å². The molecule has 0 aromatic heterocycles. The number of ether oxygens (including phenoxy) is 1. The third-order valence-electron chi connectivity index (χ3n) is 19.2. The Labute approximate surface area is 589 Å². The highest BCUT2D eigenvalue weighted by atomic mass is 16.5. The molecule has 2 aromatic carbocycles. The lowest BCUT2D eigenvalue weighted by Gasteiger charge is -2.43. The number of benzene rings is 2. The maximum absolute atomic E-state index is 16.4. The van der Waals surface area contributed by atoms with Crippen LogP contribution in [0.1, 0.15) is 162 Å². The zero-order valence-electron chi connectivity index (χ0n) is 63.6. The Bertz CT molecular complexity index is 3140. The van der Waals surface area contributed by atoms with Gasteiger partial charge < -0.3 is 60.1 Å². The van der Waals surface area contributed by atoms with Crippen LogP contribution in [0.15, 0.2) is 66.7 Å². The van der Waals surface area contributed by atoms with Gasteiger partial charge in [0.1, 0.15) is 60.4 Å². The molecule has 2 fully saturated rings. The molecular formula is C75H119N11O13. The van der Waals surface area contributed by atoms with Gasteiger partial charge in [0.2, 0.25) is 59.1 Å². The molecule has 4 unspecified atom stereocenters. The second kappa shape index (κ2) is 37.1. The van der Waals surface area contributed by atoms with Gasteiger partial charge in [-0.1, -0.05) is 157 Å². The second-order valence-corrected chi connectivity index (χ2v) is 30.0. The summed E-state index contributed by atoms with van der Waals surface area (Å²) in [6.07, 6.45) is 0.389. The molecular weight excluding hydrogens is 1260 g/mol. The van der Waals surface area contributed by atoms with Crippen molar-refractivity contribution in [2.75, 3.05) is 55.9 Å². The van der Waals surface area contributed by atoms with Gasteiger partial charge in [0, 0.05) is 54.9 Å². The zero-order valence-corrected chi connectivity index (χ0v) is 63.6. The lowest BCUT2D eigenvalue weighted by molar-refractivity contribution is -0.162. The number of aliphatic hydroxyl groups excluding tert-OH is 1. The molecule has 0 bridgehead atoms. The number of fused-ring (bicyclic) bond motifs is 1. The van der Waals surface area contributed by atoms with Gasteiger partial charge in [-0.05, 0) is 112 Å². The van der Waals surface area contributed by atoms with E-state index in [4.69, 9.17) is 4.74 Å². The fourth-order valence-corrected chi connectivity index (χ4v) is 13.2. The first kappa shape index (κ1) is 83.7. The molecule has 0 aliphatic carbocycles. The Kier molecular flexibility index (Phi) is 31.4. The number of nitrogens with one attached hydrogen (secondary N) is 3. The summed E-state index contributed by atoms with van der Waals surface area (Å²) in [4.78, 5) is 176. The van der Waals surface area contributed by atoms with E-state index in [1.54, 1.807) is 59.8 Å². The van der Waals surface area contributed by atoms with E-state index in [9.17, 15) is 33.9 Å². The fourth-order valence-electron chi connectivity index (χ4n) is 13.2. The van der Waals surface area contributed by atoms with E-state index < -0.39 is 168 Å². The van der Waals surface area contributed by atoms with Crippen LogP contribution in [0.25, 0.3) is 11.1 Å². The number of allylic oxidation sites excluding steroid dienone is 2. The van der Waals surface area contributed by atoms with E-state index in [1.165, 1.54) is 92.6 Å². The molecule has 14 atom stereocenters. The van der Waals surface area contributed by atoms with E-state index in [0.29, 0.717) is 5.56 Å². The first-order valence-electron chi connectivity index (χ1n) is 35.3. The minimum absolute atomic E-state index is 0.116. The molecule has 24 nitrogen and oxygen atoms in total. The topological polar surface area (TPSA) is 279 Å². The number of likely N-dealkylation sites (N-methyl/N-ethyl adjacent to an activating group) is 7. The first-order valence-corrected chi connectivity index (χ1v) is 35.3. The molecule has 2 heterocycles. The summed E-state index contributed by atoms with van der Waals surface area (Å²) in [5.41, 5.74) is 2.19. The van der Waals surface area contributed by atoms with Crippen molar-refractivity contribution in [3.8, 4) is 11.1 Å². The summed E-state index contributed by atoms with van der Waals surface area (Å²) in [7, 11) is 9.98. The van der Waals surface area contributed by atoms with Crippen molar-refractivity contribution in [1.82, 2.24) is 55.1 Å². The summed E-state index contributed by atoms with van der Waals surface area (Å²) >= 11 is 0. The van der Waals surface area contributed by atoms with Crippen LogP contribution in [0.2, 0.25) is 0 Å². The van der Waals surface area contributed by atoms with Gasteiger partial charge in [-0.15, -0.1) is 0 Å². The SMILES string of the molecule is C/C=C/CC(C)C(O)[C@@H]1C(=O)N2C(c3ccc(-c4ccccc4)cc3)OC(C)[C@H]2C(=O)N(C)CC(=O)N(C)[C@@H](CC(C)C)C(=O)N[C@@H](C(C)C)C(=O)N(C)[C@@H](CC(C)C)C(=O)N[C@@H](C)C(=O)N[C@@H](C)C(=O)N(C)[C@@H](CC(C)C)C(=O)N(C)[C@@H](CC(C)C)C(=O)N(C)[C@@H](C(C)C)C(=O)N1C. The number of carbonyl (C=O) groups excluding carboxylic acids is 11. The van der Waals surface area contributed by atoms with Crippen molar-refractivity contribution in [3.63, 3.8) is 0 Å². The Balaban J connectivity index is 2.05. The maximum atomic E-state index is 16.4. The van der Waals surface area contributed by atoms with Gasteiger partial charge in [0.25, 0.3) is 5.91 Å². The van der Waals surface area contributed by atoms with E-state index >= 15 is 24.0 Å². The summed E-state index contributed by atoms with van der Waals surface area (Å²) in [6.45, 7) is 29.3. The lowest BCUT2D eigenvalue weighted by Crippen LogP contribution is -2.64. The van der Waals surface area contributed by atoms with Crippen molar-refractivity contribution < 1.29 is 62.6 Å². The van der Waals surface area contributed by atoms with Crippen LogP contribution < -0.4 is 16.0 Å². The minimum atomic E-state index is -1.75. The smallest absolute Gasteiger partial charge is 0.251 e. The molecule has 2 aromatic rings. The van der Waals surface area contributed by atoms with Crippen molar-refractivity contribution >= 4 is 65.0 Å². The number of aliphatic hydroxyl groups is 1. The Morgan fingerprint density at radius 1 is 0.475 bits per heavy atom. The van der Waals surface area contributed by atoms with Gasteiger partial charge in [-0.2, -0.15) is 0 Å². The number of hydrogen-bond acceptors (Lipinski definition) is 13. The largest absolute Gasteiger partial charge is 0.390 e. The number of amides is 11. The summed E-state index contributed by atoms with van der Waals surface area (Å²) < 4.78 is 6.70. The van der Waals surface area contributed by atoms with Crippen molar-refractivity contribution in [2.45, 2.75) is 229 Å². The Morgan fingerprint density at radius 2 is 0.919 bits per heavy atom. The van der Waals surface area contributed by atoms with Gasteiger partial charge in [-0.3, -0.25) is 57.6 Å². The van der Waals surface area contributed by atoms with Gasteiger partial charge in [0.05, 0.1) is 18.8 Å². The van der Waals surface area contributed by atoms with Crippen LogP contribution >= 0.6 is 0 Å². The maximum Gasteiger partial charge on any atom is 0.251 e. The highest BCUT2D eigenvalue weighted by Gasteiger charge is 2.54. The third-order valence-corrected chi connectivity index (χ3v) is 19.2. The lowest BCUT2D eigenvalue weighted by atomic mass is 9.90. The predicted molar refractivity (Wildman–Crippen MR) is 382 cm³/mol. The number of hydrogen-bond donors (Lipinski definition) is 4. The first-order chi connectivity index (χ1) is 46.1. The summed E-state index contributed by atoms with van der Waals surface area (Å²) in [5.74, 6) is -10.3. The third kappa shape index (κ3) is 21.2. The quantitative estimate of drug-likeness (QED) is 0.133. The molecule has 0 spiro atoms. The molecule has 4 rings (SSSR count). The molecule has 11 amide bonds. The molecule has 2 aliphatic rings. The zero-order chi connectivity index (χ0) is 75.1. The van der Waals surface area contributed by atoms with E-state index in [0.717, 1.165) is 20.9 Å². The standard InChI is InChI=1S/C75H119N11O13/c1-25-26-30-48(14)64(88)63-74(98)86-62(51(17)99-75(86)54-35-33-53(34-36-54)52-31-28-27-29-32-52)72(96)79(18)41-59(87)80(19)55(37-42(2)3)67(91)78-60(46(10)11)71(95)81(20)56(38-43(4)5)66(90)76-49(15)65(89)77-50(16)68(92)82(21)57(39-44(6)7)69(93)83(22)58(40-45(8)9)70(94)84(23)61(47(12)13)73(97)85(63)24/h25-29,31-36,42-51,55-58,60-64,75,88H,30,37-41H2,1-24H3,(H,76,90)(H,77,89)(H,78,91)/b26-25+/t48?,49-,50-,51?,55-,56-,57-,58-,60-,61-,62-,63+,64?,75?/m0/s1. The highest BCUT2D eigenvalue weighted by molar-refractivity contribution is 6.00. The molecule has 0 radical (unpaired) electrons. The Morgan fingerprint density at radius 3 is 1.41 bits per heavy atom. The molecule has 99 heavy (non-hydrogen) atoms. The molecule has 552 valence electrons. The van der Waals surface area contributed by atoms with Crippen LogP contribution in [0.3, 0.4) is 0 Å². The second-order valence-electron chi connectivity index (χ2n) is 30.0. The average molecular weight is 1380 g/mol. The van der Waals surface area contributed by atoms with E-state index in [-0.39, 0.29) is 55.8 Å². The monoisotopic (exact) mass is 1380 g/mol. The normalized spacial score (nSPS) is 26.9. The fraction of sp³-hybridized carbons (Fsp3) is 0.667. The van der Waals surface area contributed by atoms with Crippen LogP contribution in [-0.4, -0.2) is 238 Å². The number of carbonyl (C=O) groups is 11. The van der Waals surface area contributed by atoms with Crippen molar-refractivity contribution in [3.05, 3.63) is 72.3 Å². The van der Waals surface area contributed by atoms with Gasteiger partial charge in [-0.25, -0.2) is 0 Å². The number of rotatable bonds is 16. The van der Waals surface area contributed by atoms with E-state index in [1.807, 2.05) is 111 Å². The summed E-state index contributed by atoms with van der Waals surface area (Å²) in [6, 6.07) is 3.83. The van der Waals surface area contributed by atoms with Crippen LogP contribution in [0.4, 0.5) is 0 Å². The molecule has 2 aliphatic heterocycles. The molecule has 4 N–H and O–H groups in total. The predicted octanol–water partition coefficient (Wildman–Crippen LogP) is 6.36. The Hall–Kier alpha value is -7.73. The van der Waals surface area contributed by atoms with Crippen LogP contribution in [-0.2, 0) is 57.5 Å².